The summed E-state index contributed by atoms with van der Waals surface area (Å²) in [5, 5.41) is 13.5. The van der Waals surface area contributed by atoms with Crippen LogP contribution in [0.15, 0.2) is 35.2 Å². The minimum Gasteiger partial charge on any atom is -0.364 e. The number of likely N-dealkylation sites (tertiary alicyclic amines) is 1. The molecule has 2 fully saturated rings. The molecule has 9 heteroatoms. The van der Waals surface area contributed by atoms with Crippen LogP contribution in [0, 0.1) is 11.3 Å². The molecule has 3 aliphatic rings. The molecular formula is C24H28N6O2S. The Labute approximate surface area is 196 Å². The van der Waals surface area contributed by atoms with Crippen LogP contribution in [0.25, 0.3) is 0 Å². The zero-order chi connectivity index (χ0) is 23.0. The average molecular weight is 465 g/mol. The van der Waals surface area contributed by atoms with Crippen LogP contribution in [-0.2, 0) is 27.4 Å². The Morgan fingerprint density at radius 3 is 2.64 bits per heavy atom. The number of nitrogens with zero attached hydrogens (tertiary/aromatic N) is 5. The van der Waals surface area contributed by atoms with Crippen molar-refractivity contribution in [2.24, 2.45) is 0 Å². The second-order valence-corrected chi connectivity index (χ2v) is 10.7. The number of anilines is 2. The summed E-state index contributed by atoms with van der Waals surface area (Å²) < 4.78 is 12.7. The van der Waals surface area contributed by atoms with Crippen molar-refractivity contribution in [1.82, 2.24) is 14.9 Å². The third-order valence-electron chi connectivity index (χ3n) is 7.08. The van der Waals surface area contributed by atoms with Gasteiger partial charge in [0.1, 0.15) is 10.7 Å². The van der Waals surface area contributed by atoms with Gasteiger partial charge in [-0.1, -0.05) is 30.3 Å². The van der Waals surface area contributed by atoms with E-state index in [1.54, 1.807) is 4.90 Å². The molecule has 0 saturated carbocycles. The van der Waals surface area contributed by atoms with E-state index in [0.717, 1.165) is 17.7 Å². The Bertz CT molecular complexity index is 1120. The number of amides is 1. The van der Waals surface area contributed by atoms with Crippen LogP contribution in [0.3, 0.4) is 0 Å². The molecule has 33 heavy (non-hydrogen) atoms. The number of fused-ring (bicyclic) bond motifs is 1. The van der Waals surface area contributed by atoms with E-state index in [2.05, 4.69) is 16.3 Å². The van der Waals surface area contributed by atoms with E-state index in [0.29, 0.717) is 67.7 Å². The van der Waals surface area contributed by atoms with Gasteiger partial charge in [-0.2, -0.15) is 10.2 Å². The van der Waals surface area contributed by atoms with Gasteiger partial charge < -0.3 is 15.1 Å². The van der Waals surface area contributed by atoms with Gasteiger partial charge >= 0.3 is 0 Å². The predicted octanol–water partition coefficient (Wildman–Crippen LogP) is 2.23. The Morgan fingerprint density at radius 1 is 1.18 bits per heavy atom. The van der Waals surface area contributed by atoms with E-state index >= 15 is 0 Å². The fraction of sp³-hybridized carbons (Fsp3) is 0.500. The Hall–Kier alpha value is -2.99. The molecule has 4 heterocycles. The molecule has 2 saturated heterocycles. The Kier molecular flexibility index (Phi) is 5.79. The lowest BCUT2D eigenvalue weighted by atomic mass is 9.74. The first-order valence-electron chi connectivity index (χ1n) is 11.5. The number of aromatic nitrogens is 2. The van der Waals surface area contributed by atoms with Crippen molar-refractivity contribution in [3.8, 4) is 6.07 Å². The molecular weight excluding hydrogens is 436 g/mol. The second kappa shape index (κ2) is 8.75. The largest absolute Gasteiger partial charge is 0.364 e. The van der Waals surface area contributed by atoms with Crippen molar-refractivity contribution in [3.63, 3.8) is 0 Å². The minimum absolute atomic E-state index is 0.0721. The summed E-state index contributed by atoms with van der Waals surface area (Å²) in [6.45, 7) is 1.97. The summed E-state index contributed by atoms with van der Waals surface area (Å²) in [6, 6.07) is 12.7. The standard InChI is InChI=1S/C24H28N6O2S/c1-29-15-18(7-8-20(29)31)26-22-21-19(9-14-33(21)32)27-23(28-22)30-12-10-24(16-25,11-13-30)17-5-3-2-4-6-17/h2-6,18H,7-15H2,1H3,(H,26,27,28)/t18-,33?/m0/s1. The molecule has 5 rings (SSSR count). The average Bonchev–Trinajstić information content (AvgIpc) is 3.23. The zero-order valence-corrected chi connectivity index (χ0v) is 19.6. The highest BCUT2D eigenvalue weighted by Gasteiger charge is 2.38. The van der Waals surface area contributed by atoms with Crippen LogP contribution in [0.5, 0.6) is 0 Å². The van der Waals surface area contributed by atoms with Gasteiger partial charge in [-0.3, -0.25) is 9.00 Å². The fourth-order valence-electron chi connectivity index (χ4n) is 5.06. The third-order valence-corrected chi connectivity index (χ3v) is 8.54. The van der Waals surface area contributed by atoms with Gasteiger partial charge in [-0.05, 0) is 24.8 Å². The molecule has 3 aliphatic heterocycles. The monoisotopic (exact) mass is 464 g/mol. The first-order chi connectivity index (χ1) is 16.0. The van der Waals surface area contributed by atoms with Crippen LogP contribution in [0.1, 0.15) is 36.9 Å². The van der Waals surface area contributed by atoms with E-state index in [1.807, 2.05) is 37.4 Å². The second-order valence-electron chi connectivity index (χ2n) is 9.15. The molecule has 0 aliphatic carbocycles. The van der Waals surface area contributed by atoms with E-state index in [-0.39, 0.29) is 11.9 Å². The summed E-state index contributed by atoms with van der Waals surface area (Å²) >= 11 is 0. The van der Waals surface area contributed by atoms with Crippen molar-refractivity contribution in [1.29, 1.82) is 5.26 Å². The third kappa shape index (κ3) is 4.08. The Morgan fingerprint density at radius 2 is 1.94 bits per heavy atom. The first kappa shape index (κ1) is 21.8. The summed E-state index contributed by atoms with van der Waals surface area (Å²) in [5.74, 6) is 1.99. The highest BCUT2D eigenvalue weighted by molar-refractivity contribution is 7.85. The topological polar surface area (TPSA) is 102 Å². The van der Waals surface area contributed by atoms with Crippen LogP contribution < -0.4 is 10.2 Å². The number of rotatable bonds is 4. The van der Waals surface area contributed by atoms with Crippen LogP contribution >= 0.6 is 0 Å². The number of nitrogens with one attached hydrogen (secondary N) is 1. The lowest BCUT2D eigenvalue weighted by Crippen LogP contribution is -2.44. The lowest BCUT2D eigenvalue weighted by molar-refractivity contribution is -0.132. The van der Waals surface area contributed by atoms with Gasteiger partial charge in [0.05, 0.1) is 28.0 Å². The molecule has 1 amide bonds. The van der Waals surface area contributed by atoms with Crippen LogP contribution in [0.2, 0.25) is 0 Å². The molecule has 0 radical (unpaired) electrons. The highest BCUT2D eigenvalue weighted by Crippen LogP contribution is 2.37. The summed E-state index contributed by atoms with van der Waals surface area (Å²) in [4.78, 5) is 26.1. The van der Waals surface area contributed by atoms with E-state index in [4.69, 9.17) is 9.97 Å². The van der Waals surface area contributed by atoms with Crippen molar-refractivity contribution < 1.29 is 9.00 Å². The molecule has 0 bridgehead atoms. The van der Waals surface area contributed by atoms with Crippen molar-refractivity contribution in [3.05, 3.63) is 41.6 Å². The van der Waals surface area contributed by atoms with Gasteiger partial charge in [0.15, 0.2) is 0 Å². The molecule has 2 atom stereocenters. The normalized spacial score (nSPS) is 24.3. The van der Waals surface area contributed by atoms with Crippen molar-refractivity contribution >= 4 is 28.5 Å². The zero-order valence-electron chi connectivity index (χ0n) is 18.8. The summed E-state index contributed by atoms with van der Waals surface area (Å²) in [5.41, 5.74) is 1.42. The number of carbonyl (C=O) groups excluding carboxylic acids is 1. The molecule has 1 aromatic heterocycles. The number of nitriles is 1. The SMILES string of the molecule is CN1C[C@@H](Nc2nc(N3CCC(C#N)(c4ccccc4)CC3)nc3c2S(=O)CC3)CCC1=O. The molecule has 0 spiro atoms. The lowest BCUT2D eigenvalue weighted by Gasteiger charge is -2.38. The van der Waals surface area contributed by atoms with E-state index in [9.17, 15) is 14.3 Å². The number of piperidine rings is 2. The summed E-state index contributed by atoms with van der Waals surface area (Å²) in [7, 11) is 0.701. The number of carbonyl (C=O) groups is 1. The predicted molar refractivity (Wildman–Crippen MR) is 126 cm³/mol. The van der Waals surface area contributed by atoms with Crippen molar-refractivity contribution in [2.75, 3.05) is 42.7 Å². The van der Waals surface area contributed by atoms with E-state index < -0.39 is 16.2 Å². The van der Waals surface area contributed by atoms with Crippen LogP contribution in [-0.4, -0.2) is 63.5 Å². The fourth-order valence-corrected chi connectivity index (χ4v) is 6.37. The minimum atomic E-state index is -1.11. The molecule has 172 valence electrons. The molecule has 2 aromatic rings. The Balaban J connectivity index is 1.38. The first-order valence-corrected chi connectivity index (χ1v) is 12.8. The number of benzene rings is 1. The molecule has 8 nitrogen and oxygen atoms in total. The summed E-state index contributed by atoms with van der Waals surface area (Å²) in [6.07, 6.45) is 3.32. The van der Waals surface area contributed by atoms with Gasteiger partial charge in [0, 0.05) is 51.3 Å². The van der Waals surface area contributed by atoms with Gasteiger partial charge in [-0.15, -0.1) is 0 Å². The number of likely N-dealkylation sites (N-methyl/N-ethyl adjacent to an activating group) is 1. The maximum atomic E-state index is 12.7. The maximum Gasteiger partial charge on any atom is 0.227 e. The maximum absolute atomic E-state index is 12.7. The number of hydrogen-bond acceptors (Lipinski definition) is 7. The molecule has 1 aromatic carbocycles. The molecule has 1 unspecified atom stereocenters. The smallest absolute Gasteiger partial charge is 0.227 e. The van der Waals surface area contributed by atoms with Crippen molar-refractivity contribution in [2.45, 2.75) is 48.5 Å². The van der Waals surface area contributed by atoms with Gasteiger partial charge in [0.2, 0.25) is 11.9 Å². The van der Waals surface area contributed by atoms with E-state index in [1.165, 1.54) is 0 Å². The molecule has 1 N–H and O–H groups in total. The van der Waals surface area contributed by atoms with Gasteiger partial charge in [0.25, 0.3) is 0 Å². The number of hydrogen-bond donors (Lipinski definition) is 1. The number of aryl methyl sites for hydroxylation is 1. The quantitative estimate of drug-likeness (QED) is 0.740. The highest BCUT2D eigenvalue weighted by atomic mass is 32.2. The van der Waals surface area contributed by atoms with Crippen LogP contribution in [0.4, 0.5) is 11.8 Å². The van der Waals surface area contributed by atoms with Gasteiger partial charge in [-0.25, -0.2) is 4.98 Å².